The van der Waals surface area contributed by atoms with Crippen molar-refractivity contribution in [1.29, 1.82) is 5.26 Å². The summed E-state index contributed by atoms with van der Waals surface area (Å²) in [5, 5.41) is 13.2. The predicted molar refractivity (Wildman–Crippen MR) is 128 cm³/mol. The molecule has 156 valence electrons. The third-order valence-electron chi connectivity index (χ3n) is 4.59. The molecule has 0 aliphatic heterocycles. The number of para-hydroxylation sites is 2. The van der Waals surface area contributed by atoms with E-state index in [1.54, 1.807) is 78.9 Å². The summed E-state index contributed by atoms with van der Waals surface area (Å²) in [6.45, 7) is 0. The topological polar surface area (TPSA) is 74.9 Å². The molecule has 5 nitrogen and oxygen atoms in total. The van der Waals surface area contributed by atoms with Gasteiger partial charge in [0.1, 0.15) is 10.7 Å². The van der Waals surface area contributed by atoms with E-state index in [0.717, 1.165) is 16.9 Å². The summed E-state index contributed by atoms with van der Waals surface area (Å²) in [5.74, 6) is -0.581. The normalized spacial score (nSPS) is 12.2. The van der Waals surface area contributed by atoms with Gasteiger partial charge in [0.15, 0.2) is 5.57 Å². The van der Waals surface area contributed by atoms with Crippen LogP contribution >= 0.6 is 22.9 Å². The molecule has 3 aromatic carbocycles. The number of aromatic nitrogens is 1. The van der Waals surface area contributed by atoms with E-state index >= 15 is 0 Å². The Morgan fingerprint density at radius 2 is 1.59 bits per heavy atom. The van der Waals surface area contributed by atoms with Crippen LogP contribution in [0.5, 0.6) is 0 Å². The van der Waals surface area contributed by atoms with Crippen LogP contribution in [0.2, 0.25) is 5.02 Å². The number of carbonyl (C=O) groups is 1. The van der Waals surface area contributed by atoms with Crippen molar-refractivity contribution in [2.45, 2.75) is 0 Å². The van der Waals surface area contributed by atoms with Gasteiger partial charge >= 0.3 is 0 Å². The summed E-state index contributed by atoms with van der Waals surface area (Å²) in [4.78, 5) is 26.3. The van der Waals surface area contributed by atoms with E-state index in [4.69, 9.17) is 11.6 Å². The summed E-state index contributed by atoms with van der Waals surface area (Å²) >= 11 is 7.05. The van der Waals surface area contributed by atoms with E-state index in [0.29, 0.717) is 20.9 Å². The van der Waals surface area contributed by atoms with Gasteiger partial charge in [-0.2, -0.15) is 5.26 Å². The fourth-order valence-electron chi connectivity index (χ4n) is 3.08. The van der Waals surface area contributed by atoms with E-state index in [2.05, 4.69) is 5.32 Å². The first-order valence-electron chi connectivity index (χ1n) is 9.62. The first-order chi connectivity index (χ1) is 15.6. The Bertz CT molecular complexity index is 1480. The van der Waals surface area contributed by atoms with Gasteiger partial charge in [-0.05, 0) is 48.0 Å². The van der Waals surface area contributed by atoms with Crippen LogP contribution in [0, 0.1) is 11.3 Å². The van der Waals surface area contributed by atoms with Gasteiger partial charge in [0.2, 0.25) is 0 Å². The van der Waals surface area contributed by atoms with Crippen molar-refractivity contribution < 1.29 is 4.79 Å². The Labute approximate surface area is 192 Å². The maximum Gasteiger partial charge on any atom is 0.273 e. The summed E-state index contributed by atoms with van der Waals surface area (Å²) in [5.41, 5.74) is 1.46. The molecule has 0 fully saturated rings. The van der Waals surface area contributed by atoms with Gasteiger partial charge in [-0.25, -0.2) is 0 Å². The minimum Gasteiger partial charge on any atom is -0.321 e. The summed E-state index contributed by atoms with van der Waals surface area (Å²) in [6.07, 6.45) is 1.72. The molecule has 0 bridgehead atoms. The highest BCUT2D eigenvalue weighted by Crippen LogP contribution is 2.11. The molecule has 0 aliphatic rings. The number of carbonyl (C=O) groups excluding carboxylic acids is 1. The average molecular weight is 458 g/mol. The van der Waals surface area contributed by atoms with Gasteiger partial charge < -0.3 is 5.32 Å². The number of thiazole rings is 1. The molecule has 4 rings (SSSR count). The molecule has 1 heterocycles. The first-order valence-corrected chi connectivity index (χ1v) is 10.8. The Morgan fingerprint density at radius 3 is 2.22 bits per heavy atom. The van der Waals surface area contributed by atoms with Gasteiger partial charge in [0, 0.05) is 10.7 Å². The second kappa shape index (κ2) is 9.48. The number of nitrogens with one attached hydrogen (secondary N) is 1. The van der Waals surface area contributed by atoms with Crippen LogP contribution in [0.3, 0.4) is 0 Å². The summed E-state index contributed by atoms with van der Waals surface area (Å²) < 4.78 is 2.05. The Morgan fingerprint density at radius 1 is 0.969 bits per heavy atom. The van der Waals surface area contributed by atoms with E-state index in [1.165, 1.54) is 4.57 Å². The molecule has 0 atom stereocenters. The third kappa shape index (κ3) is 4.54. The molecule has 0 saturated heterocycles. The number of rotatable bonds is 4. The van der Waals surface area contributed by atoms with E-state index < -0.39 is 5.91 Å². The monoisotopic (exact) mass is 457 g/mol. The molecular weight excluding hydrogens is 442 g/mol. The number of amides is 1. The van der Waals surface area contributed by atoms with Gasteiger partial charge in [-0.3, -0.25) is 14.2 Å². The van der Waals surface area contributed by atoms with Crippen LogP contribution in [0.25, 0.3) is 17.3 Å². The predicted octanol–water partition coefficient (Wildman–Crippen LogP) is 3.69. The van der Waals surface area contributed by atoms with Crippen molar-refractivity contribution in [3.63, 3.8) is 0 Å². The molecule has 4 aromatic rings. The third-order valence-corrected chi connectivity index (χ3v) is 5.93. The quantitative estimate of drug-likeness (QED) is 0.507. The maximum atomic E-state index is 13.3. The number of anilines is 1. The number of hydrogen-bond acceptors (Lipinski definition) is 4. The molecular formula is C25H16ClN3O2S. The minimum absolute atomic E-state index is 0.143. The molecule has 1 amide bonds. The van der Waals surface area contributed by atoms with Gasteiger partial charge in [0.25, 0.3) is 11.5 Å². The first kappa shape index (κ1) is 21.3. The van der Waals surface area contributed by atoms with Crippen molar-refractivity contribution in [1.82, 2.24) is 4.57 Å². The van der Waals surface area contributed by atoms with E-state index in [9.17, 15) is 14.9 Å². The molecule has 7 heteroatoms. The molecule has 0 radical (unpaired) electrons. The standard InChI is InChI=1S/C25H16ClN3O2S/c26-18-13-11-17(12-14-18)15-22-24(31)29(20-9-5-2-6-10-20)25(32-22)21(16-27)23(30)28-19-7-3-1-4-8-19/h1-15H,(H,28,30)/b22-15-,25-21+. The van der Waals surface area contributed by atoms with Crippen LogP contribution in [-0.2, 0) is 4.79 Å². The fraction of sp³-hybridized carbons (Fsp3) is 0. The zero-order valence-electron chi connectivity index (χ0n) is 16.7. The van der Waals surface area contributed by atoms with Crippen molar-refractivity contribution in [2.24, 2.45) is 0 Å². The molecule has 0 saturated carbocycles. The Hall–Kier alpha value is -3.92. The summed E-state index contributed by atoms with van der Waals surface area (Å²) in [7, 11) is 0. The van der Waals surface area contributed by atoms with Crippen LogP contribution in [0.4, 0.5) is 5.69 Å². The second-order valence-electron chi connectivity index (χ2n) is 6.75. The molecule has 1 aromatic heterocycles. The Kier molecular flexibility index (Phi) is 6.31. The smallest absolute Gasteiger partial charge is 0.273 e. The molecule has 0 aliphatic carbocycles. The number of halogens is 1. The van der Waals surface area contributed by atoms with Crippen molar-refractivity contribution >= 4 is 46.2 Å². The lowest BCUT2D eigenvalue weighted by Gasteiger charge is -2.05. The zero-order chi connectivity index (χ0) is 22.5. The maximum absolute atomic E-state index is 13.3. The lowest BCUT2D eigenvalue weighted by Crippen LogP contribution is -2.32. The van der Waals surface area contributed by atoms with Crippen molar-refractivity contribution in [2.75, 3.05) is 5.32 Å². The lowest BCUT2D eigenvalue weighted by molar-refractivity contribution is -0.111. The van der Waals surface area contributed by atoms with Crippen LogP contribution < -0.4 is 20.1 Å². The number of nitriles is 1. The number of hydrogen-bond donors (Lipinski definition) is 1. The lowest BCUT2D eigenvalue weighted by atomic mass is 10.2. The van der Waals surface area contributed by atoms with Gasteiger partial charge in [-0.15, -0.1) is 11.3 Å². The minimum atomic E-state index is -0.581. The van der Waals surface area contributed by atoms with E-state index in [-0.39, 0.29) is 15.8 Å². The SMILES string of the molecule is N#C/C(C(=O)Nc1ccccc1)=c1\s/c(=C\c2ccc(Cl)cc2)c(=O)n1-c1ccccc1. The largest absolute Gasteiger partial charge is 0.321 e. The van der Waals surface area contributed by atoms with Crippen molar-refractivity contribution in [3.8, 4) is 11.8 Å². The molecule has 32 heavy (non-hydrogen) atoms. The van der Waals surface area contributed by atoms with Gasteiger partial charge in [0.05, 0.1) is 10.2 Å². The second-order valence-corrected chi connectivity index (χ2v) is 8.22. The number of benzene rings is 3. The zero-order valence-corrected chi connectivity index (χ0v) is 18.2. The number of nitrogens with zero attached hydrogens (tertiary/aromatic N) is 2. The highest BCUT2D eigenvalue weighted by atomic mass is 35.5. The van der Waals surface area contributed by atoms with Crippen LogP contribution in [0.1, 0.15) is 5.56 Å². The highest BCUT2D eigenvalue weighted by molar-refractivity contribution is 7.07. The van der Waals surface area contributed by atoms with Gasteiger partial charge in [-0.1, -0.05) is 60.1 Å². The highest BCUT2D eigenvalue weighted by Gasteiger charge is 2.17. The molecule has 1 N–H and O–H groups in total. The average Bonchev–Trinajstić information content (AvgIpc) is 3.12. The van der Waals surface area contributed by atoms with Crippen LogP contribution in [-0.4, -0.2) is 10.5 Å². The Balaban J connectivity index is 1.95. The molecule has 0 spiro atoms. The molecule has 0 unspecified atom stereocenters. The van der Waals surface area contributed by atoms with E-state index in [1.807, 2.05) is 18.2 Å². The van der Waals surface area contributed by atoms with Crippen molar-refractivity contribution in [3.05, 3.63) is 115 Å². The summed E-state index contributed by atoms with van der Waals surface area (Å²) in [6, 6.07) is 26.8. The van der Waals surface area contributed by atoms with Crippen LogP contribution in [0.15, 0.2) is 89.7 Å². The fourth-order valence-corrected chi connectivity index (χ4v) is 4.31.